The van der Waals surface area contributed by atoms with Crippen molar-refractivity contribution in [3.63, 3.8) is 0 Å². The SMILES string of the molecule is CCOCCCNCCC(O)c1cccc(NC(C)=O)c1. The summed E-state index contributed by atoms with van der Waals surface area (Å²) in [7, 11) is 0. The highest BCUT2D eigenvalue weighted by Crippen LogP contribution is 2.19. The zero-order valence-electron chi connectivity index (χ0n) is 12.9. The van der Waals surface area contributed by atoms with Gasteiger partial charge in [0.15, 0.2) is 0 Å². The normalized spacial score (nSPS) is 12.1. The first-order chi connectivity index (χ1) is 10.1. The molecule has 0 aliphatic heterocycles. The average Bonchev–Trinajstić information content (AvgIpc) is 2.45. The van der Waals surface area contributed by atoms with Crippen molar-refractivity contribution in [1.29, 1.82) is 0 Å². The number of carbonyl (C=O) groups excluding carboxylic acids is 1. The monoisotopic (exact) mass is 294 g/mol. The molecule has 0 saturated carbocycles. The van der Waals surface area contributed by atoms with Crippen molar-refractivity contribution in [2.45, 2.75) is 32.8 Å². The lowest BCUT2D eigenvalue weighted by atomic mass is 10.1. The van der Waals surface area contributed by atoms with Crippen molar-refractivity contribution in [2.24, 2.45) is 0 Å². The first-order valence-electron chi connectivity index (χ1n) is 7.47. The van der Waals surface area contributed by atoms with Gasteiger partial charge in [0, 0.05) is 25.8 Å². The molecular weight excluding hydrogens is 268 g/mol. The molecular formula is C16H26N2O3. The lowest BCUT2D eigenvalue weighted by Gasteiger charge is -2.13. The summed E-state index contributed by atoms with van der Waals surface area (Å²) in [5.74, 6) is -0.113. The zero-order valence-corrected chi connectivity index (χ0v) is 12.9. The summed E-state index contributed by atoms with van der Waals surface area (Å²) in [6.45, 7) is 6.61. The molecule has 1 aromatic carbocycles. The Bertz CT molecular complexity index is 424. The number of aliphatic hydroxyl groups is 1. The minimum absolute atomic E-state index is 0.113. The molecule has 118 valence electrons. The predicted octanol–water partition coefficient (Wildman–Crippen LogP) is 2.08. The van der Waals surface area contributed by atoms with Gasteiger partial charge < -0.3 is 20.5 Å². The number of ether oxygens (including phenoxy) is 1. The molecule has 1 amide bonds. The van der Waals surface area contributed by atoms with Gasteiger partial charge in [0.05, 0.1) is 6.10 Å². The topological polar surface area (TPSA) is 70.6 Å². The standard InChI is InChI=1S/C16H26N2O3/c1-3-21-11-5-9-17-10-8-16(20)14-6-4-7-15(12-14)18-13(2)19/h4,6-7,12,16-17,20H,3,5,8-11H2,1-2H3,(H,18,19). The molecule has 0 heterocycles. The van der Waals surface area contributed by atoms with Gasteiger partial charge in [-0.05, 0) is 50.6 Å². The van der Waals surface area contributed by atoms with E-state index in [4.69, 9.17) is 4.74 Å². The summed E-state index contributed by atoms with van der Waals surface area (Å²) in [6, 6.07) is 7.31. The van der Waals surface area contributed by atoms with Gasteiger partial charge in [-0.15, -0.1) is 0 Å². The van der Waals surface area contributed by atoms with E-state index < -0.39 is 6.10 Å². The highest BCUT2D eigenvalue weighted by atomic mass is 16.5. The quantitative estimate of drug-likeness (QED) is 0.578. The summed E-state index contributed by atoms with van der Waals surface area (Å²) < 4.78 is 5.25. The third kappa shape index (κ3) is 7.80. The molecule has 1 aromatic rings. The predicted molar refractivity (Wildman–Crippen MR) is 84.3 cm³/mol. The van der Waals surface area contributed by atoms with Crippen LogP contribution in [0.25, 0.3) is 0 Å². The van der Waals surface area contributed by atoms with Crippen LogP contribution in [0.2, 0.25) is 0 Å². The fourth-order valence-corrected chi connectivity index (χ4v) is 2.00. The number of nitrogens with one attached hydrogen (secondary N) is 2. The Kier molecular flexibility index (Phi) is 8.66. The van der Waals surface area contributed by atoms with Crippen molar-refractivity contribution in [3.05, 3.63) is 29.8 Å². The number of benzene rings is 1. The molecule has 0 fully saturated rings. The van der Waals surface area contributed by atoms with Gasteiger partial charge in [0.2, 0.25) is 5.91 Å². The van der Waals surface area contributed by atoms with Crippen LogP contribution in [0.1, 0.15) is 38.4 Å². The lowest BCUT2D eigenvalue weighted by Crippen LogP contribution is -2.20. The fraction of sp³-hybridized carbons (Fsp3) is 0.562. The molecule has 21 heavy (non-hydrogen) atoms. The number of carbonyl (C=O) groups is 1. The Hall–Kier alpha value is -1.43. The van der Waals surface area contributed by atoms with Crippen molar-refractivity contribution < 1.29 is 14.6 Å². The Morgan fingerprint density at radius 1 is 1.38 bits per heavy atom. The minimum atomic E-state index is -0.530. The van der Waals surface area contributed by atoms with Crippen LogP contribution < -0.4 is 10.6 Å². The van der Waals surface area contributed by atoms with E-state index in [1.165, 1.54) is 6.92 Å². The largest absolute Gasteiger partial charge is 0.388 e. The lowest BCUT2D eigenvalue weighted by molar-refractivity contribution is -0.114. The molecule has 3 N–H and O–H groups in total. The third-order valence-electron chi connectivity index (χ3n) is 3.03. The van der Waals surface area contributed by atoms with Crippen LogP contribution in [-0.4, -0.2) is 37.3 Å². The Morgan fingerprint density at radius 2 is 2.19 bits per heavy atom. The molecule has 1 unspecified atom stereocenters. The number of anilines is 1. The number of hydrogen-bond acceptors (Lipinski definition) is 4. The maximum Gasteiger partial charge on any atom is 0.221 e. The van der Waals surface area contributed by atoms with Gasteiger partial charge in [-0.25, -0.2) is 0 Å². The Labute approximate surface area is 126 Å². The number of aliphatic hydroxyl groups excluding tert-OH is 1. The first-order valence-corrected chi connectivity index (χ1v) is 7.47. The van der Waals surface area contributed by atoms with E-state index in [2.05, 4.69) is 10.6 Å². The van der Waals surface area contributed by atoms with E-state index in [-0.39, 0.29) is 5.91 Å². The molecule has 0 aliphatic rings. The van der Waals surface area contributed by atoms with Crippen LogP contribution in [0.4, 0.5) is 5.69 Å². The van der Waals surface area contributed by atoms with Crippen LogP contribution in [0.3, 0.4) is 0 Å². The second kappa shape index (κ2) is 10.3. The summed E-state index contributed by atoms with van der Waals surface area (Å²) in [6.07, 6.45) is 1.08. The summed E-state index contributed by atoms with van der Waals surface area (Å²) in [5.41, 5.74) is 1.53. The molecule has 5 nitrogen and oxygen atoms in total. The van der Waals surface area contributed by atoms with Gasteiger partial charge in [-0.2, -0.15) is 0 Å². The molecule has 0 aliphatic carbocycles. The molecule has 0 spiro atoms. The van der Waals surface area contributed by atoms with Crippen molar-refractivity contribution in [3.8, 4) is 0 Å². The molecule has 0 radical (unpaired) electrons. The third-order valence-corrected chi connectivity index (χ3v) is 3.03. The van der Waals surface area contributed by atoms with Crippen LogP contribution in [0.5, 0.6) is 0 Å². The minimum Gasteiger partial charge on any atom is -0.388 e. The van der Waals surface area contributed by atoms with Crippen molar-refractivity contribution in [2.75, 3.05) is 31.6 Å². The summed E-state index contributed by atoms with van der Waals surface area (Å²) in [4.78, 5) is 11.0. The smallest absolute Gasteiger partial charge is 0.221 e. The zero-order chi connectivity index (χ0) is 15.5. The van der Waals surface area contributed by atoms with Gasteiger partial charge in [0.25, 0.3) is 0 Å². The Balaban J connectivity index is 2.28. The molecule has 0 saturated heterocycles. The van der Waals surface area contributed by atoms with Gasteiger partial charge in [0.1, 0.15) is 0 Å². The van der Waals surface area contributed by atoms with E-state index in [1.807, 2.05) is 25.1 Å². The first kappa shape index (κ1) is 17.6. The number of amides is 1. The molecule has 0 bridgehead atoms. The van der Waals surface area contributed by atoms with Gasteiger partial charge in [-0.3, -0.25) is 4.79 Å². The van der Waals surface area contributed by atoms with Crippen molar-refractivity contribution >= 4 is 11.6 Å². The number of hydrogen-bond donors (Lipinski definition) is 3. The van der Waals surface area contributed by atoms with E-state index in [1.54, 1.807) is 6.07 Å². The molecule has 0 aromatic heterocycles. The highest BCUT2D eigenvalue weighted by molar-refractivity contribution is 5.88. The van der Waals surface area contributed by atoms with E-state index >= 15 is 0 Å². The van der Waals surface area contributed by atoms with Gasteiger partial charge in [-0.1, -0.05) is 12.1 Å². The molecule has 5 heteroatoms. The average molecular weight is 294 g/mol. The van der Waals surface area contributed by atoms with Crippen molar-refractivity contribution in [1.82, 2.24) is 5.32 Å². The fourth-order valence-electron chi connectivity index (χ4n) is 2.00. The number of rotatable bonds is 10. The van der Waals surface area contributed by atoms with E-state index in [0.717, 1.165) is 38.3 Å². The van der Waals surface area contributed by atoms with Crippen LogP contribution in [0.15, 0.2) is 24.3 Å². The van der Waals surface area contributed by atoms with E-state index in [9.17, 15) is 9.90 Å². The van der Waals surface area contributed by atoms with Gasteiger partial charge >= 0.3 is 0 Å². The highest BCUT2D eigenvalue weighted by Gasteiger charge is 2.08. The van der Waals surface area contributed by atoms with Crippen LogP contribution in [-0.2, 0) is 9.53 Å². The maximum atomic E-state index is 11.0. The second-order valence-electron chi connectivity index (χ2n) is 4.91. The van der Waals surface area contributed by atoms with E-state index in [0.29, 0.717) is 12.1 Å². The maximum absolute atomic E-state index is 11.0. The second-order valence-corrected chi connectivity index (χ2v) is 4.91. The summed E-state index contributed by atoms with van der Waals surface area (Å²) >= 11 is 0. The summed E-state index contributed by atoms with van der Waals surface area (Å²) in [5, 5.41) is 16.1. The van der Waals surface area contributed by atoms with Crippen LogP contribution in [0, 0.1) is 0 Å². The van der Waals surface area contributed by atoms with Crippen LogP contribution >= 0.6 is 0 Å². The molecule has 1 atom stereocenters. The Morgan fingerprint density at radius 3 is 2.90 bits per heavy atom. The molecule has 1 rings (SSSR count).